The maximum atomic E-state index is 4.66. The Balaban J connectivity index is 1.67. The van der Waals surface area contributed by atoms with Crippen LogP contribution in [0.4, 0.5) is 5.95 Å². The Morgan fingerprint density at radius 1 is 1.12 bits per heavy atom. The van der Waals surface area contributed by atoms with E-state index in [-0.39, 0.29) is 0 Å². The fraction of sp³-hybridized carbons (Fsp3) is 0.750. The SMILES string of the molecule is C1CCc2[nH]c(NC3CCNCC3)nc2C1. The van der Waals surface area contributed by atoms with E-state index in [4.69, 9.17) is 0 Å². The van der Waals surface area contributed by atoms with Gasteiger partial charge in [-0.2, -0.15) is 0 Å². The predicted octanol–water partition coefficient (Wildman–Crippen LogP) is 1.45. The monoisotopic (exact) mass is 220 g/mol. The highest BCUT2D eigenvalue weighted by Crippen LogP contribution is 2.21. The van der Waals surface area contributed by atoms with Gasteiger partial charge in [-0.3, -0.25) is 0 Å². The third-order valence-electron chi connectivity index (χ3n) is 3.63. The Morgan fingerprint density at radius 2 is 1.94 bits per heavy atom. The average Bonchev–Trinajstić information content (AvgIpc) is 2.72. The zero-order valence-electron chi connectivity index (χ0n) is 9.68. The molecule has 2 aliphatic rings. The molecule has 1 aromatic heterocycles. The van der Waals surface area contributed by atoms with Crippen LogP contribution in [0.15, 0.2) is 0 Å². The molecule has 0 saturated carbocycles. The van der Waals surface area contributed by atoms with Crippen molar-refractivity contribution in [3.05, 3.63) is 11.4 Å². The molecular formula is C12H20N4. The molecule has 4 nitrogen and oxygen atoms in total. The van der Waals surface area contributed by atoms with Gasteiger partial charge in [-0.05, 0) is 51.6 Å². The fourth-order valence-electron chi connectivity index (χ4n) is 2.68. The minimum absolute atomic E-state index is 0.592. The molecule has 1 aliphatic heterocycles. The van der Waals surface area contributed by atoms with Crippen LogP contribution in [0, 0.1) is 0 Å². The lowest BCUT2D eigenvalue weighted by atomic mass is 10.0. The number of aromatic nitrogens is 2. The van der Waals surface area contributed by atoms with E-state index in [1.165, 1.54) is 43.5 Å². The van der Waals surface area contributed by atoms with E-state index in [0.717, 1.165) is 25.5 Å². The average molecular weight is 220 g/mol. The molecule has 0 atom stereocenters. The van der Waals surface area contributed by atoms with E-state index in [1.54, 1.807) is 0 Å². The van der Waals surface area contributed by atoms with Crippen molar-refractivity contribution >= 4 is 5.95 Å². The summed E-state index contributed by atoms with van der Waals surface area (Å²) in [5, 5.41) is 6.91. The Labute approximate surface area is 96.2 Å². The minimum atomic E-state index is 0.592. The molecule has 16 heavy (non-hydrogen) atoms. The maximum absolute atomic E-state index is 4.66. The number of piperidine rings is 1. The molecule has 0 bridgehead atoms. The predicted molar refractivity (Wildman–Crippen MR) is 64.7 cm³/mol. The summed E-state index contributed by atoms with van der Waals surface area (Å²) >= 11 is 0. The van der Waals surface area contributed by atoms with Crippen LogP contribution in [0.5, 0.6) is 0 Å². The third-order valence-corrected chi connectivity index (χ3v) is 3.63. The summed E-state index contributed by atoms with van der Waals surface area (Å²) in [6, 6.07) is 0.592. The molecule has 0 unspecified atom stereocenters. The van der Waals surface area contributed by atoms with Crippen molar-refractivity contribution in [2.45, 2.75) is 44.6 Å². The molecule has 1 saturated heterocycles. The summed E-state index contributed by atoms with van der Waals surface area (Å²) in [5.41, 5.74) is 2.66. The first-order valence-electron chi connectivity index (χ1n) is 6.47. The van der Waals surface area contributed by atoms with Gasteiger partial charge < -0.3 is 15.6 Å². The quantitative estimate of drug-likeness (QED) is 0.707. The van der Waals surface area contributed by atoms with Gasteiger partial charge in [0.05, 0.1) is 5.69 Å². The molecule has 0 amide bonds. The first-order chi connectivity index (χ1) is 7.92. The van der Waals surface area contributed by atoms with Crippen LogP contribution >= 0.6 is 0 Å². The highest BCUT2D eigenvalue weighted by Gasteiger charge is 2.17. The Hall–Kier alpha value is -1.03. The molecule has 4 heteroatoms. The van der Waals surface area contributed by atoms with Gasteiger partial charge >= 0.3 is 0 Å². The van der Waals surface area contributed by atoms with Gasteiger partial charge in [0, 0.05) is 11.7 Å². The van der Waals surface area contributed by atoms with Gasteiger partial charge in [0.2, 0.25) is 5.95 Å². The number of fused-ring (bicyclic) bond motifs is 1. The molecule has 0 radical (unpaired) electrons. The van der Waals surface area contributed by atoms with Crippen molar-refractivity contribution in [3.63, 3.8) is 0 Å². The standard InChI is InChI=1S/C12H20N4/c1-2-4-11-10(3-1)15-12(16-11)14-9-5-7-13-8-6-9/h9,13H,1-8H2,(H2,14,15,16). The lowest BCUT2D eigenvalue weighted by Crippen LogP contribution is -2.35. The van der Waals surface area contributed by atoms with Crippen LogP contribution in [0.3, 0.4) is 0 Å². The van der Waals surface area contributed by atoms with E-state index in [9.17, 15) is 0 Å². The molecule has 3 rings (SSSR count). The number of aryl methyl sites for hydroxylation is 2. The van der Waals surface area contributed by atoms with Gasteiger partial charge in [0.25, 0.3) is 0 Å². The molecule has 0 spiro atoms. The number of rotatable bonds is 2. The normalized spacial score (nSPS) is 21.8. The smallest absolute Gasteiger partial charge is 0.200 e. The van der Waals surface area contributed by atoms with Crippen LogP contribution in [0.25, 0.3) is 0 Å². The van der Waals surface area contributed by atoms with Crippen LogP contribution in [0.1, 0.15) is 37.1 Å². The molecule has 0 aromatic carbocycles. The van der Waals surface area contributed by atoms with E-state index in [1.807, 2.05) is 0 Å². The number of nitrogens with one attached hydrogen (secondary N) is 3. The second kappa shape index (κ2) is 4.45. The number of nitrogens with zero attached hydrogens (tertiary/aromatic N) is 1. The number of aromatic amines is 1. The number of hydrogen-bond donors (Lipinski definition) is 3. The van der Waals surface area contributed by atoms with Crippen LogP contribution in [0.2, 0.25) is 0 Å². The lowest BCUT2D eigenvalue weighted by Gasteiger charge is -2.23. The van der Waals surface area contributed by atoms with E-state index >= 15 is 0 Å². The lowest BCUT2D eigenvalue weighted by molar-refractivity contribution is 0.477. The second-order valence-corrected chi connectivity index (χ2v) is 4.89. The Kier molecular flexibility index (Phi) is 2.82. The van der Waals surface area contributed by atoms with Gasteiger partial charge in [0.15, 0.2) is 0 Å². The molecule has 88 valence electrons. The Morgan fingerprint density at radius 3 is 2.75 bits per heavy atom. The van der Waals surface area contributed by atoms with E-state index in [2.05, 4.69) is 20.6 Å². The number of anilines is 1. The molecule has 1 aromatic rings. The summed E-state index contributed by atoms with van der Waals surface area (Å²) in [6.07, 6.45) is 7.33. The van der Waals surface area contributed by atoms with E-state index < -0.39 is 0 Å². The first kappa shape index (κ1) is 10.1. The van der Waals surface area contributed by atoms with Crippen LogP contribution in [-0.4, -0.2) is 29.1 Å². The van der Waals surface area contributed by atoms with Crippen LogP contribution < -0.4 is 10.6 Å². The Bertz CT molecular complexity index is 328. The van der Waals surface area contributed by atoms with Crippen LogP contribution in [-0.2, 0) is 12.8 Å². The summed E-state index contributed by atoms with van der Waals surface area (Å²) in [6.45, 7) is 2.25. The van der Waals surface area contributed by atoms with Crippen molar-refractivity contribution in [1.29, 1.82) is 0 Å². The first-order valence-corrected chi connectivity index (χ1v) is 6.47. The summed E-state index contributed by atoms with van der Waals surface area (Å²) < 4.78 is 0. The number of hydrogen-bond acceptors (Lipinski definition) is 3. The van der Waals surface area contributed by atoms with Crippen molar-refractivity contribution in [2.75, 3.05) is 18.4 Å². The molecule has 1 fully saturated rings. The van der Waals surface area contributed by atoms with Gasteiger partial charge in [-0.25, -0.2) is 4.98 Å². The maximum Gasteiger partial charge on any atom is 0.200 e. The zero-order chi connectivity index (χ0) is 10.8. The van der Waals surface area contributed by atoms with Gasteiger partial charge in [-0.15, -0.1) is 0 Å². The van der Waals surface area contributed by atoms with Gasteiger partial charge in [-0.1, -0.05) is 0 Å². The minimum Gasteiger partial charge on any atom is -0.353 e. The zero-order valence-corrected chi connectivity index (χ0v) is 9.68. The molecule has 3 N–H and O–H groups in total. The summed E-state index contributed by atoms with van der Waals surface area (Å²) in [7, 11) is 0. The topological polar surface area (TPSA) is 52.7 Å². The summed E-state index contributed by atoms with van der Waals surface area (Å²) in [4.78, 5) is 8.10. The van der Waals surface area contributed by atoms with Crippen molar-refractivity contribution in [2.24, 2.45) is 0 Å². The van der Waals surface area contributed by atoms with Crippen molar-refractivity contribution in [3.8, 4) is 0 Å². The highest BCUT2D eigenvalue weighted by atomic mass is 15.1. The van der Waals surface area contributed by atoms with Crippen molar-refractivity contribution in [1.82, 2.24) is 15.3 Å². The number of H-pyrrole nitrogens is 1. The molecule has 2 heterocycles. The molecule has 1 aliphatic carbocycles. The van der Waals surface area contributed by atoms with Gasteiger partial charge in [0.1, 0.15) is 0 Å². The van der Waals surface area contributed by atoms with Crippen molar-refractivity contribution < 1.29 is 0 Å². The summed E-state index contributed by atoms with van der Waals surface area (Å²) in [5.74, 6) is 0.999. The number of imidazole rings is 1. The van der Waals surface area contributed by atoms with E-state index in [0.29, 0.717) is 6.04 Å². The third kappa shape index (κ3) is 2.07. The largest absolute Gasteiger partial charge is 0.353 e. The highest BCUT2D eigenvalue weighted by molar-refractivity contribution is 5.33. The molecular weight excluding hydrogens is 200 g/mol. The second-order valence-electron chi connectivity index (χ2n) is 4.89. The fourth-order valence-corrected chi connectivity index (χ4v) is 2.68.